The zero-order valence-corrected chi connectivity index (χ0v) is 10.5. The largest absolute Gasteiger partial charge is 0.481 e. The van der Waals surface area contributed by atoms with E-state index in [4.69, 9.17) is 5.11 Å². The van der Waals surface area contributed by atoms with Crippen molar-refractivity contribution in [1.82, 2.24) is 5.32 Å². The molecule has 1 amide bonds. The summed E-state index contributed by atoms with van der Waals surface area (Å²) >= 11 is 0. The molecule has 2 atom stereocenters. The average molecular weight is 281 g/mol. The van der Waals surface area contributed by atoms with Crippen LogP contribution in [0.25, 0.3) is 0 Å². The molecule has 1 aliphatic carbocycles. The summed E-state index contributed by atoms with van der Waals surface area (Å²) in [7, 11) is 0. The van der Waals surface area contributed by atoms with E-state index in [0.717, 1.165) is 0 Å². The molecule has 0 saturated heterocycles. The minimum atomic E-state index is -4.23. The van der Waals surface area contributed by atoms with Crippen LogP contribution in [0.2, 0.25) is 0 Å². The van der Waals surface area contributed by atoms with Gasteiger partial charge in [-0.1, -0.05) is 6.42 Å². The number of amides is 1. The van der Waals surface area contributed by atoms with Crippen LogP contribution in [0.3, 0.4) is 0 Å². The first kappa shape index (κ1) is 15.8. The van der Waals surface area contributed by atoms with Gasteiger partial charge in [-0.15, -0.1) is 0 Å². The van der Waals surface area contributed by atoms with Gasteiger partial charge in [0.15, 0.2) is 0 Å². The summed E-state index contributed by atoms with van der Waals surface area (Å²) in [6.45, 7) is 0.193. The van der Waals surface area contributed by atoms with Gasteiger partial charge >= 0.3 is 12.1 Å². The predicted octanol–water partition coefficient (Wildman–Crippen LogP) is 2.34. The van der Waals surface area contributed by atoms with Crippen molar-refractivity contribution in [2.24, 2.45) is 11.8 Å². The third-order valence-electron chi connectivity index (χ3n) is 3.37. The van der Waals surface area contributed by atoms with Crippen molar-refractivity contribution in [2.75, 3.05) is 6.54 Å². The molecule has 1 fully saturated rings. The maximum atomic E-state index is 12.6. The highest BCUT2D eigenvalue weighted by molar-refractivity contribution is 5.78. The highest BCUT2D eigenvalue weighted by Gasteiger charge is 2.43. The maximum Gasteiger partial charge on any atom is 0.391 e. The van der Waals surface area contributed by atoms with Crippen LogP contribution < -0.4 is 5.32 Å². The fraction of sp³-hybridized carbons (Fsp3) is 0.833. The topological polar surface area (TPSA) is 66.4 Å². The molecule has 0 bridgehead atoms. The number of hydrogen-bond acceptors (Lipinski definition) is 2. The molecule has 19 heavy (non-hydrogen) atoms. The lowest BCUT2D eigenvalue weighted by Gasteiger charge is -2.29. The summed E-state index contributed by atoms with van der Waals surface area (Å²) in [6, 6.07) is 0. The molecular formula is C12H18F3NO3. The van der Waals surface area contributed by atoms with Gasteiger partial charge in [0.1, 0.15) is 0 Å². The summed E-state index contributed by atoms with van der Waals surface area (Å²) in [6.07, 6.45) is -3.20. The molecule has 7 heteroatoms. The summed E-state index contributed by atoms with van der Waals surface area (Å²) in [5, 5.41) is 10.9. The number of halogens is 3. The van der Waals surface area contributed by atoms with Crippen molar-refractivity contribution < 1.29 is 27.9 Å². The summed E-state index contributed by atoms with van der Waals surface area (Å²) in [5.41, 5.74) is 0. The van der Waals surface area contributed by atoms with E-state index in [9.17, 15) is 22.8 Å². The zero-order chi connectivity index (χ0) is 14.5. The van der Waals surface area contributed by atoms with Crippen LogP contribution in [-0.4, -0.2) is 29.7 Å². The molecule has 1 rings (SSSR count). The molecule has 0 aromatic rings. The minimum Gasteiger partial charge on any atom is -0.481 e. The molecule has 110 valence electrons. The van der Waals surface area contributed by atoms with E-state index in [0.29, 0.717) is 12.8 Å². The Morgan fingerprint density at radius 3 is 2.53 bits per heavy atom. The lowest BCUT2D eigenvalue weighted by atomic mass is 9.80. The van der Waals surface area contributed by atoms with Crippen LogP contribution in [0.4, 0.5) is 13.2 Å². The molecule has 0 unspecified atom stereocenters. The first-order valence-corrected chi connectivity index (χ1v) is 6.37. The lowest BCUT2D eigenvalue weighted by Crippen LogP contribution is -2.37. The number of nitrogens with one attached hydrogen (secondary N) is 1. The molecule has 0 spiro atoms. The highest BCUT2D eigenvalue weighted by Crippen LogP contribution is 2.39. The second-order valence-corrected chi connectivity index (χ2v) is 4.89. The Kier molecular flexibility index (Phi) is 5.62. The Morgan fingerprint density at radius 1 is 1.26 bits per heavy atom. The van der Waals surface area contributed by atoms with E-state index in [1.54, 1.807) is 0 Å². The van der Waals surface area contributed by atoms with Crippen molar-refractivity contribution in [3.8, 4) is 0 Å². The van der Waals surface area contributed by atoms with E-state index in [2.05, 4.69) is 5.32 Å². The average Bonchev–Trinajstić information content (AvgIpc) is 2.33. The smallest absolute Gasteiger partial charge is 0.391 e. The van der Waals surface area contributed by atoms with Crippen LogP contribution >= 0.6 is 0 Å². The van der Waals surface area contributed by atoms with Crippen LogP contribution in [0.15, 0.2) is 0 Å². The standard InChI is InChI=1S/C12H18F3NO3/c13-12(14,15)9-4-1-3-8(7-9)11(19)16-6-2-5-10(17)18/h8-9H,1-7H2,(H,16,19)(H,17,18)/t8-,9-/m0/s1. The van der Waals surface area contributed by atoms with Gasteiger partial charge < -0.3 is 10.4 Å². The molecule has 0 heterocycles. The molecular weight excluding hydrogens is 263 g/mol. The Hall–Kier alpha value is -1.27. The van der Waals surface area contributed by atoms with Gasteiger partial charge in [-0.05, 0) is 25.7 Å². The van der Waals surface area contributed by atoms with Crippen LogP contribution in [0, 0.1) is 11.8 Å². The number of carbonyl (C=O) groups is 2. The fourth-order valence-electron chi connectivity index (χ4n) is 2.32. The Labute approximate surface area is 109 Å². The second-order valence-electron chi connectivity index (χ2n) is 4.89. The number of carbonyl (C=O) groups excluding carboxylic acids is 1. The first-order chi connectivity index (χ1) is 8.80. The Balaban J connectivity index is 2.34. The number of carboxylic acids is 1. The number of carboxylic acid groups (broad SMARTS) is 1. The van der Waals surface area contributed by atoms with E-state index >= 15 is 0 Å². The molecule has 4 nitrogen and oxygen atoms in total. The predicted molar refractivity (Wildman–Crippen MR) is 61.4 cm³/mol. The SMILES string of the molecule is O=C(O)CCCNC(=O)[C@H]1CCC[C@H](C(F)(F)F)C1. The molecule has 1 aliphatic rings. The van der Waals surface area contributed by atoms with E-state index in [1.807, 2.05) is 0 Å². The normalized spacial score (nSPS) is 23.9. The van der Waals surface area contributed by atoms with Crippen molar-refractivity contribution in [3.63, 3.8) is 0 Å². The van der Waals surface area contributed by atoms with Crippen LogP contribution in [-0.2, 0) is 9.59 Å². The van der Waals surface area contributed by atoms with Gasteiger partial charge in [0.25, 0.3) is 0 Å². The minimum absolute atomic E-state index is 0.0594. The number of hydrogen-bond donors (Lipinski definition) is 2. The van der Waals surface area contributed by atoms with E-state index < -0.39 is 24.0 Å². The van der Waals surface area contributed by atoms with Crippen LogP contribution in [0.5, 0.6) is 0 Å². The van der Waals surface area contributed by atoms with Crippen LogP contribution in [0.1, 0.15) is 38.5 Å². The Bertz CT molecular complexity index is 331. The quantitative estimate of drug-likeness (QED) is 0.760. The van der Waals surface area contributed by atoms with E-state index in [-0.39, 0.29) is 38.1 Å². The van der Waals surface area contributed by atoms with Crippen molar-refractivity contribution in [1.29, 1.82) is 0 Å². The van der Waals surface area contributed by atoms with Crippen molar-refractivity contribution >= 4 is 11.9 Å². The maximum absolute atomic E-state index is 12.6. The number of rotatable bonds is 5. The molecule has 0 aromatic carbocycles. The molecule has 0 aliphatic heterocycles. The monoisotopic (exact) mass is 281 g/mol. The molecule has 0 radical (unpaired) electrons. The molecule has 2 N–H and O–H groups in total. The summed E-state index contributed by atoms with van der Waals surface area (Å²) < 4.78 is 37.7. The van der Waals surface area contributed by atoms with Gasteiger partial charge in [0, 0.05) is 18.9 Å². The van der Waals surface area contributed by atoms with Gasteiger partial charge in [-0.25, -0.2) is 0 Å². The highest BCUT2D eigenvalue weighted by atomic mass is 19.4. The number of aliphatic carboxylic acids is 1. The molecule has 1 saturated carbocycles. The van der Waals surface area contributed by atoms with Crippen molar-refractivity contribution in [2.45, 2.75) is 44.7 Å². The van der Waals surface area contributed by atoms with Crippen molar-refractivity contribution in [3.05, 3.63) is 0 Å². The third-order valence-corrected chi connectivity index (χ3v) is 3.37. The summed E-state index contributed by atoms with van der Waals surface area (Å²) in [5.74, 6) is -3.34. The van der Waals surface area contributed by atoms with Gasteiger partial charge in [-0.3, -0.25) is 9.59 Å². The zero-order valence-electron chi connectivity index (χ0n) is 10.5. The number of alkyl halides is 3. The Morgan fingerprint density at radius 2 is 1.95 bits per heavy atom. The molecule has 0 aromatic heterocycles. The van der Waals surface area contributed by atoms with Gasteiger partial charge in [0.2, 0.25) is 5.91 Å². The third kappa shape index (κ3) is 5.48. The summed E-state index contributed by atoms with van der Waals surface area (Å²) in [4.78, 5) is 22.0. The second kappa shape index (κ2) is 6.77. The lowest BCUT2D eigenvalue weighted by molar-refractivity contribution is -0.186. The van der Waals surface area contributed by atoms with Gasteiger partial charge in [0.05, 0.1) is 5.92 Å². The fourth-order valence-corrected chi connectivity index (χ4v) is 2.32. The van der Waals surface area contributed by atoms with E-state index in [1.165, 1.54) is 0 Å². The van der Waals surface area contributed by atoms with Gasteiger partial charge in [-0.2, -0.15) is 13.2 Å². The first-order valence-electron chi connectivity index (χ1n) is 6.37.